The first kappa shape index (κ1) is 19.2. The summed E-state index contributed by atoms with van der Waals surface area (Å²) in [6, 6.07) is 11.9. The summed E-state index contributed by atoms with van der Waals surface area (Å²) in [7, 11) is 0. The van der Waals surface area contributed by atoms with Crippen LogP contribution in [-0.2, 0) is 17.6 Å². The van der Waals surface area contributed by atoms with Gasteiger partial charge >= 0.3 is 6.18 Å². The van der Waals surface area contributed by atoms with Gasteiger partial charge in [0.25, 0.3) is 0 Å². The van der Waals surface area contributed by atoms with Crippen LogP contribution in [0.2, 0.25) is 0 Å². The van der Waals surface area contributed by atoms with Gasteiger partial charge < -0.3 is 15.8 Å². The summed E-state index contributed by atoms with van der Waals surface area (Å²) >= 11 is 0. The van der Waals surface area contributed by atoms with Gasteiger partial charge in [0.05, 0.1) is 5.56 Å². The lowest BCUT2D eigenvalue weighted by atomic mass is 10.1. The second-order valence-corrected chi connectivity index (χ2v) is 6.77. The molecule has 1 fully saturated rings. The van der Waals surface area contributed by atoms with Crippen LogP contribution in [0.25, 0.3) is 0 Å². The second-order valence-electron chi connectivity index (χ2n) is 6.77. The highest BCUT2D eigenvalue weighted by molar-refractivity contribution is 5.92. The van der Waals surface area contributed by atoms with E-state index < -0.39 is 11.7 Å². The van der Waals surface area contributed by atoms with Crippen molar-refractivity contribution in [2.45, 2.75) is 38.1 Å². The van der Waals surface area contributed by atoms with Crippen molar-refractivity contribution >= 4 is 11.6 Å². The molecule has 1 saturated carbocycles. The number of carbonyl (C=O) groups excluding carboxylic acids is 1. The molecule has 3 rings (SSSR count). The Morgan fingerprint density at radius 2 is 1.89 bits per heavy atom. The maximum atomic E-state index is 12.7. The Balaban J connectivity index is 1.54. The van der Waals surface area contributed by atoms with Crippen LogP contribution in [0.3, 0.4) is 0 Å². The largest absolute Gasteiger partial charge is 0.489 e. The van der Waals surface area contributed by atoms with Crippen LogP contribution in [0.1, 0.15) is 30.4 Å². The second kappa shape index (κ2) is 8.00. The Kier molecular flexibility index (Phi) is 5.70. The van der Waals surface area contributed by atoms with E-state index in [1.165, 1.54) is 6.07 Å². The van der Waals surface area contributed by atoms with Crippen molar-refractivity contribution in [1.82, 2.24) is 0 Å². The van der Waals surface area contributed by atoms with Gasteiger partial charge in [0.15, 0.2) is 0 Å². The van der Waals surface area contributed by atoms with Crippen molar-refractivity contribution in [3.63, 3.8) is 0 Å². The summed E-state index contributed by atoms with van der Waals surface area (Å²) in [4.78, 5) is 12.2. The van der Waals surface area contributed by atoms with Gasteiger partial charge in [0.2, 0.25) is 5.91 Å². The van der Waals surface area contributed by atoms with Gasteiger partial charge in [0.1, 0.15) is 12.4 Å². The number of hydrogen-bond donors (Lipinski definition) is 2. The first-order valence-electron chi connectivity index (χ1n) is 8.77. The first-order chi connectivity index (χ1) is 12.8. The van der Waals surface area contributed by atoms with E-state index in [4.69, 9.17) is 10.5 Å². The molecule has 0 aliphatic heterocycles. The molecular weight excluding hydrogens is 357 g/mol. The summed E-state index contributed by atoms with van der Waals surface area (Å²) in [5.41, 5.74) is 6.21. The van der Waals surface area contributed by atoms with E-state index in [0.717, 1.165) is 25.0 Å². The zero-order valence-corrected chi connectivity index (χ0v) is 14.6. The number of carbonyl (C=O) groups is 1. The van der Waals surface area contributed by atoms with Crippen molar-refractivity contribution in [1.29, 1.82) is 0 Å². The monoisotopic (exact) mass is 378 g/mol. The maximum absolute atomic E-state index is 12.7. The number of nitrogens with one attached hydrogen (secondary N) is 1. The third kappa shape index (κ3) is 5.23. The molecule has 1 amide bonds. The minimum absolute atomic E-state index is 0.0234. The number of hydrogen-bond acceptors (Lipinski definition) is 3. The Morgan fingerprint density at radius 1 is 1.15 bits per heavy atom. The van der Waals surface area contributed by atoms with E-state index in [2.05, 4.69) is 5.32 Å². The molecule has 2 atom stereocenters. The molecule has 7 heteroatoms. The molecular formula is C20H21F3N2O2. The molecule has 2 unspecified atom stereocenters. The SMILES string of the molecule is NC1CCC(C(=O)Nc2ccc(OCc3cccc(C(F)(F)F)c3)cc2)C1. The van der Waals surface area contributed by atoms with Gasteiger partial charge in [-0.1, -0.05) is 12.1 Å². The number of halogens is 3. The predicted octanol–water partition coefficient (Wildman–Crippen LogP) is 4.35. The molecule has 2 aromatic carbocycles. The van der Waals surface area contributed by atoms with E-state index in [1.54, 1.807) is 30.3 Å². The molecule has 3 N–H and O–H groups in total. The maximum Gasteiger partial charge on any atom is 0.416 e. The van der Waals surface area contributed by atoms with Gasteiger partial charge in [-0.05, 0) is 61.2 Å². The summed E-state index contributed by atoms with van der Waals surface area (Å²) in [6.45, 7) is 0.0234. The third-order valence-electron chi connectivity index (χ3n) is 4.63. The van der Waals surface area contributed by atoms with E-state index in [9.17, 15) is 18.0 Å². The summed E-state index contributed by atoms with van der Waals surface area (Å²) < 4.78 is 43.7. The summed E-state index contributed by atoms with van der Waals surface area (Å²) in [5.74, 6) is 0.408. The summed E-state index contributed by atoms with van der Waals surface area (Å²) in [5, 5.41) is 2.85. The van der Waals surface area contributed by atoms with Crippen LogP contribution in [0.4, 0.5) is 18.9 Å². The molecule has 0 bridgehead atoms. The lowest BCUT2D eigenvalue weighted by Crippen LogP contribution is -2.23. The number of alkyl halides is 3. The molecule has 0 spiro atoms. The number of ether oxygens (including phenoxy) is 1. The number of benzene rings is 2. The van der Waals surface area contributed by atoms with Gasteiger partial charge in [-0.25, -0.2) is 0 Å². The minimum Gasteiger partial charge on any atom is -0.489 e. The molecule has 0 heterocycles. The number of anilines is 1. The number of rotatable bonds is 5. The van der Waals surface area contributed by atoms with E-state index in [0.29, 0.717) is 23.4 Å². The normalized spacial score (nSPS) is 19.7. The standard InChI is InChI=1S/C20H21F3N2O2/c21-20(22,23)15-3-1-2-13(10-15)12-27-18-8-6-17(7-9-18)25-19(26)14-4-5-16(24)11-14/h1-3,6-10,14,16H,4-5,11-12,24H2,(H,25,26). The Morgan fingerprint density at radius 3 is 2.52 bits per heavy atom. The van der Waals surface area contributed by atoms with Gasteiger partial charge in [-0.2, -0.15) is 13.2 Å². The minimum atomic E-state index is -4.38. The fourth-order valence-electron chi connectivity index (χ4n) is 3.14. The molecule has 27 heavy (non-hydrogen) atoms. The third-order valence-corrected chi connectivity index (χ3v) is 4.63. The first-order valence-corrected chi connectivity index (χ1v) is 8.77. The molecule has 0 aromatic heterocycles. The Hall–Kier alpha value is -2.54. The number of amides is 1. The van der Waals surface area contributed by atoms with Gasteiger partial charge in [0, 0.05) is 17.6 Å². The van der Waals surface area contributed by atoms with E-state index >= 15 is 0 Å². The highest BCUT2D eigenvalue weighted by Crippen LogP contribution is 2.30. The van der Waals surface area contributed by atoms with Gasteiger partial charge in [-0.15, -0.1) is 0 Å². The van der Waals surface area contributed by atoms with Crippen LogP contribution in [0.5, 0.6) is 5.75 Å². The van der Waals surface area contributed by atoms with Crippen LogP contribution >= 0.6 is 0 Å². The van der Waals surface area contributed by atoms with Crippen LogP contribution in [0.15, 0.2) is 48.5 Å². The molecule has 0 radical (unpaired) electrons. The lowest BCUT2D eigenvalue weighted by molar-refractivity contribution is -0.137. The predicted molar refractivity (Wildman–Crippen MR) is 96.2 cm³/mol. The fourth-order valence-corrected chi connectivity index (χ4v) is 3.14. The molecule has 1 aliphatic rings. The molecule has 4 nitrogen and oxygen atoms in total. The fraction of sp³-hybridized carbons (Fsp3) is 0.350. The zero-order chi connectivity index (χ0) is 19.4. The van der Waals surface area contributed by atoms with Crippen molar-refractivity contribution < 1.29 is 22.7 Å². The van der Waals surface area contributed by atoms with Crippen LogP contribution < -0.4 is 15.8 Å². The van der Waals surface area contributed by atoms with Crippen molar-refractivity contribution in [3.05, 3.63) is 59.7 Å². The van der Waals surface area contributed by atoms with Crippen LogP contribution in [0, 0.1) is 5.92 Å². The van der Waals surface area contributed by atoms with Crippen molar-refractivity contribution in [2.24, 2.45) is 11.7 Å². The highest BCUT2D eigenvalue weighted by atomic mass is 19.4. The summed E-state index contributed by atoms with van der Waals surface area (Å²) in [6.07, 6.45) is -2.02. The Bertz CT molecular complexity index is 791. The average molecular weight is 378 g/mol. The topological polar surface area (TPSA) is 64.4 Å². The molecule has 0 saturated heterocycles. The lowest BCUT2D eigenvalue weighted by Gasteiger charge is -2.12. The van der Waals surface area contributed by atoms with E-state index in [1.807, 2.05) is 0 Å². The highest BCUT2D eigenvalue weighted by Gasteiger charge is 2.30. The molecule has 1 aliphatic carbocycles. The zero-order valence-electron chi connectivity index (χ0n) is 14.6. The quantitative estimate of drug-likeness (QED) is 0.813. The van der Waals surface area contributed by atoms with Gasteiger partial charge in [-0.3, -0.25) is 4.79 Å². The molecule has 2 aromatic rings. The van der Waals surface area contributed by atoms with Crippen molar-refractivity contribution in [3.8, 4) is 5.75 Å². The smallest absolute Gasteiger partial charge is 0.416 e. The molecule has 144 valence electrons. The van der Waals surface area contributed by atoms with Crippen LogP contribution in [-0.4, -0.2) is 11.9 Å². The van der Waals surface area contributed by atoms with E-state index in [-0.39, 0.29) is 24.5 Å². The average Bonchev–Trinajstić information content (AvgIpc) is 3.07. The number of nitrogens with two attached hydrogens (primary N) is 1. The Labute approximate surface area is 155 Å². The van der Waals surface area contributed by atoms with Crippen molar-refractivity contribution in [2.75, 3.05) is 5.32 Å².